The van der Waals surface area contributed by atoms with Gasteiger partial charge in [-0.15, -0.1) is 0 Å². The van der Waals surface area contributed by atoms with Crippen LogP contribution in [0.3, 0.4) is 0 Å². The van der Waals surface area contributed by atoms with Gasteiger partial charge in [0.05, 0.1) is 28.8 Å². The van der Waals surface area contributed by atoms with Crippen LogP contribution in [0, 0.1) is 11.6 Å². The lowest BCUT2D eigenvalue weighted by Crippen LogP contribution is -2.48. The van der Waals surface area contributed by atoms with Crippen molar-refractivity contribution >= 4 is 27.4 Å². The highest BCUT2D eigenvalue weighted by Gasteiger charge is 2.29. The summed E-state index contributed by atoms with van der Waals surface area (Å²) in [6, 6.07) is 2.03. The molecule has 0 bridgehead atoms. The number of urea groups is 1. The molecule has 2 N–H and O–H groups in total. The van der Waals surface area contributed by atoms with Crippen LogP contribution in [0.4, 0.5) is 25.0 Å². The molecule has 2 fully saturated rings. The van der Waals surface area contributed by atoms with E-state index >= 15 is 0 Å². The number of nitrogens with zero attached hydrogens (tertiary/aromatic N) is 2. The highest BCUT2D eigenvalue weighted by Crippen LogP contribution is 2.29. The predicted molar refractivity (Wildman–Crippen MR) is 119 cm³/mol. The SMILES string of the molecule is CC1CN(c2ccc(NC(=O)N3CCC(NS(=O)(=O)C(C)C)CC3)c(F)c2F)CC(C)O1. The lowest BCUT2D eigenvalue weighted by molar-refractivity contribution is -0.00542. The number of sulfonamides is 1. The Bertz CT molecular complexity index is 926. The monoisotopic (exact) mass is 474 g/mol. The van der Waals surface area contributed by atoms with Crippen LogP contribution in [0.5, 0.6) is 0 Å². The second-order valence-corrected chi connectivity index (χ2v) is 11.1. The first-order valence-electron chi connectivity index (χ1n) is 10.9. The largest absolute Gasteiger partial charge is 0.372 e. The van der Waals surface area contributed by atoms with Gasteiger partial charge in [-0.2, -0.15) is 0 Å². The van der Waals surface area contributed by atoms with Gasteiger partial charge in [-0.25, -0.2) is 26.7 Å². The number of nitrogens with one attached hydrogen (secondary N) is 2. The number of rotatable bonds is 5. The predicted octanol–water partition coefficient (Wildman–Crippen LogP) is 2.90. The van der Waals surface area contributed by atoms with Gasteiger partial charge in [0.1, 0.15) is 0 Å². The quantitative estimate of drug-likeness (QED) is 0.685. The number of carbonyl (C=O) groups is 1. The van der Waals surface area contributed by atoms with Crippen molar-refractivity contribution in [3.05, 3.63) is 23.8 Å². The number of hydrogen-bond acceptors (Lipinski definition) is 5. The highest BCUT2D eigenvalue weighted by atomic mass is 32.2. The Balaban J connectivity index is 1.61. The minimum Gasteiger partial charge on any atom is -0.372 e. The number of piperidine rings is 1. The number of hydrogen-bond donors (Lipinski definition) is 2. The summed E-state index contributed by atoms with van der Waals surface area (Å²) in [6.07, 6.45) is 0.688. The third-order valence-corrected chi connectivity index (χ3v) is 7.70. The molecule has 180 valence electrons. The van der Waals surface area contributed by atoms with E-state index in [4.69, 9.17) is 4.74 Å². The number of ether oxygens (including phenoxy) is 1. The molecule has 1 aromatic rings. The second-order valence-electron chi connectivity index (χ2n) is 8.83. The molecule has 1 aromatic carbocycles. The zero-order valence-corrected chi connectivity index (χ0v) is 19.7. The van der Waals surface area contributed by atoms with Gasteiger partial charge in [0, 0.05) is 32.2 Å². The molecule has 0 radical (unpaired) electrons. The first-order chi connectivity index (χ1) is 15.0. The summed E-state index contributed by atoms with van der Waals surface area (Å²) in [5.41, 5.74) is -0.0889. The van der Waals surface area contributed by atoms with Crippen molar-refractivity contribution in [1.82, 2.24) is 9.62 Å². The third-order valence-electron chi connectivity index (χ3n) is 5.80. The number of carbonyl (C=O) groups excluding carboxylic acids is 1. The minimum absolute atomic E-state index is 0.103. The molecule has 11 heteroatoms. The Morgan fingerprint density at radius 2 is 1.69 bits per heavy atom. The van der Waals surface area contributed by atoms with Gasteiger partial charge in [-0.1, -0.05) is 0 Å². The molecule has 2 aliphatic rings. The maximum atomic E-state index is 14.8. The van der Waals surface area contributed by atoms with Gasteiger partial charge in [0.2, 0.25) is 10.0 Å². The molecule has 0 saturated carbocycles. The van der Waals surface area contributed by atoms with E-state index in [1.165, 1.54) is 17.0 Å². The van der Waals surface area contributed by atoms with E-state index < -0.39 is 32.9 Å². The van der Waals surface area contributed by atoms with E-state index in [0.717, 1.165) is 0 Å². The van der Waals surface area contributed by atoms with Gasteiger partial charge < -0.3 is 19.9 Å². The minimum atomic E-state index is -3.39. The molecular formula is C21H32F2N4O4S. The number of likely N-dealkylation sites (tertiary alicyclic amines) is 1. The first kappa shape index (κ1) is 24.7. The summed E-state index contributed by atoms with van der Waals surface area (Å²) in [6.45, 7) is 8.47. The Morgan fingerprint density at radius 3 is 2.25 bits per heavy atom. The van der Waals surface area contributed by atoms with Crippen LogP contribution in [0.2, 0.25) is 0 Å². The molecule has 8 nitrogen and oxygen atoms in total. The van der Waals surface area contributed by atoms with Crippen LogP contribution >= 0.6 is 0 Å². The van der Waals surface area contributed by atoms with E-state index in [1.54, 1.807) is 18.7 Å². The first-order valence-corrected chi connectivity index (χ1v) is 12.5. The van der Waals surface area contributed by atoms with Crippen LogP contribution in [-0.2, 0) is 14.8 Å². The van der Waals surface area contributed by atoms with E-state index in [1.807, 2.05) is 13.8 Å². The zero-order chi connectivity index (χ0) is 23.6. The number of benzene rings is 1. The maximum Gasteiger partial charge on any atom is 0.321 e. The van der Waals surface area contributed by atoms with Crippen LogP contribution in [0.1, 0.15) is 40.5 Å². The van der Waals surface area contributed by atoms with Crippen molar-refractivity contribution < 1.29 is 26.7 Å². The van der Waals surface area contributed by atoms with E-state index in [0.29, 0.717) is 39.0 Å². The van der Waals surface area contributed by atoms with Gasteiger partial charge in [0.15, 0.2) is 11.6 Å². The van der Waals surface area contributed by atoms with Crippen molar-refractivity contribution in [2.75, 3.05) is 36.4 Å². The molecule has 2 atom stereocenters. The molecule has 0 aliphatic carbocycles. The molecule has 2 heterocycles. The smallest absolute Gasteiger partial charge is 0.321 e. The highest BCUT2D eigenvalue weighted by molar-refractivity contribution is 7.90. The number of anilines is 2. The average Bonchev–Trinajstić information content (AvgIpc) is 2.71. The Kier molecular flexibility index (Phi) is 7.61. The molecule has 2 saturated heterocycles. The number of halogens is 2. The third kappa shape index (κ3) is 5.68. The molecule has 2 aliphatic heterocycles. The van der Waals surface area contributed by atoms with Crippen LogP contribution in [0.15, 0.2) is 12.1 Å². The fourth-order valence-corrected chi connectivity index (χ4v) is 4.99. The Morgan fingerprint density at radius 1 is 1.09 bits per heavy atom. The number of amides is 2. The zero-order valence-electron chi connectivity index (χ0n) is 18.9. The molecule has 0 spiro atoms. The van der Waals surface area contributed by atoms with Crippen LogP contribution < -0.4 is 14.9 Å². The second kappa shape index (κ2) is 9.88. The van der Waals surface area contributed by atoms with Crippen LogP contribution in [0.25, 0.3) is 0 Å². The summed E-state index contributed by atoms with van der Waals surface area (Å²) in [5, 5.41) is 1.91. The van der Waals surface area contributed by atoms with Gasteiger partial charge in [0.25, 0.3) is 0 Å². The normalized spacial score (nSPS) is 23.0. The van der Waals surface area contributed by atoms with Crippen LogP contribution in [-0.4, -0.2) is 69.0 Å². The van der Waals surface area contributed by atoms with E-state index in [2.05, 4.69) is 10.0 Å². The summed E-state index contributed by atoms with van der Waals surface area (Å²) in [7, 11) is -3.39. The molecule has 0 aromatic heterocycles. The summed E-state index contributed by atoms with van der Waals surface area (Å²) in [4.78, 5) is 15.8. The lowest BCUT2D eigenvalue weighted by atomic mass is 10.1. The Hall–Kier alpha value is -1.98. The molecule has 32 heavy (non-hydrogen) atoms. The van der Waals surface area contributed by atoms with Crippen molar-refractivity contribution in [3.8, 4) is 0 Å². The van der Waals surface area contributed by atoms with Gasteiger partial charge in [-0.3, -0.25) is 0 Å². The lowest BCUT2D eigenvalue weighted by Gasteiger charge is -2.37. The van der Waals surface area contributed by atoms with Gasteiger partial charge in [-0.05, 0) is 52.7 Å². The summed E-state index contributed by atoms with van der Waals surface area (Å²) >= 11 is 0. The van der Waals surface area contributed by atoms with E-state index in [-0.39, 0.29) is 29.6 Å². The van der Waals surface area contributed by atoms with Crippen molar-refractivity contribution in [2.45, 2.75) is 64.0 Å². The van der Waals surface area contributed by atoms with Crippen molar-refractivity contribution in [1.29, 1.82) is 0 Å². The van der Waals surface area contributed by atoms with Gasteiger partial charge >= 0.3 is 6.03 Å². The molecule has 2 unspecified atom stereocenters. The summed E-state index contributed by atoms with van der Waals surface area (Å²) in [5.74, 6) is -2.12. The fourth-order valence-electron chi connectivity index (χ4n) is 4.02. The molecule has 3 rings (SSSR count). The topological polar surface area (TPSA) is 91.0 Å². The van der Waals surface area contributed by atoms with Crippen molar-refractivity contribution in [3.63, 3.8) is 0 Å². The van der Waals surface area contributed by atoms with Crippen molar-refractivity contribution in [2.24, 2.45) is 0 Å². The Labute approximate surface area is 188 Å². The fraction of sp³-hybridized carbons (Fsp3) is 0.667. The number of morpholine rings is 1. The van der Waals surface area contributed by atoms with E-state index in [9.17, 15) is 22.0 Å². The standard InChI is InChI=1S/C21H32F2N4O4S/c1-13(2)32(29,30)25-16-7-9-26(10-8-16)21(28)24-17-5-6-18(20(23)19(17)22)27-11-14(3)31-15(4)12-27/h5-6,13-16,25H,7-12H2,1-4H3,(H,24,28). The molecular weight excluding hydrogens is 442 g/mol. The average molecular weight is 475 g/mol. The maximum absolute atomic E-state index is 14.8. The summed E-state index contributed by atoms with van der Waals surface area (Å²) < 4.78 is 61.8. The molecule has 2 amide bonds.